The molecule has 212 valence electrons. The highest BCUT2D eigenvalue weighted by atomic mass is 32.2. The first kappa shape index (κ1) is 32.1. The third-order valence-corrected chi connectivity index (χ3v) is 7.31. The monoisotopic (exact) mass is 576 g/mol. The van der Waals surface area contributed by atoms with Gasteiger partial charge in [0.05, 0.1) is 12.1 Å². The molecule has 3 amide bonds. The zero-order valence-corrected chi connectivity index (χ0v) is 24.5. The Labute approximate surface area is 237 Å². The van der Waals surface area contributed by atoms with Gasteiger partial charge in [-0.15, -0.1) is 11.8 Å². The lowest BCUT2D eigenvalue weighted by molar-refractivity contribution is -0.153. The number of esters is 1. The van der Waals surface area contributed by atoms with E-state index in [0.717, 1.165) is 4.90 Å². The van der Waals surface area contributed by atoms with Crippen molar-refractivity contribution in [2.75, 3.05) is 18.6 Å². The lowest BCUT2D eigenvalue weighted by Gasteiger charge is -2.24. The number of ether oxygens (including phenoxy) is 1. The number of nitrogens with zero attached hydrogens (tertiary/aromatic N) is 1. The molecule has 1 aromatic heterocycles. The summed E-state index contributed by atoms with van der Waals surface area (Å²) in [4.78, 5) is 68.3. The summed E-state index contributed by atoms with van der Waals surface area (Å²) in [5.74, 6) is -2.05. The third-order valence-electron chi connectivity index (χ3n) is 5.65. The summed E-state index contributed by atoms with van der Waals surface area (Å²) < 4.78 is 5.66. The molecule has 10 nitrogen and oxygen atoms in total. The molecular weight excluding hydrogens is 540 g/mol. The van der Waals surface area contributed by atoms with Crippen LogP contribution in [0.3, 0.4) is 0 Å². The third kappa shape index (κ3) is 10.5. The molecule has 0 saturated heterocycles. The molecule has 2 rings (SSSR count). The van der Waals surface area contributed by atoms with Crippen LogP contribution in [-0.4, -0.2) is 64.5 Å². The Morgan fingerprint density at radius 3 is 2.59 bits per heavy atom. The second-order valence-corrected chi connectivity index (χ2v) is 11.2. The molecule has 1 aliphatic rings. The molecule has 0 unspecified atom stereocenters. The van der Waals surface area contributed by atoms with Crippen molar-refractivity contribution in [1.82, 2.24) is 20.9 Å². The van der Waals surface area contributed by atoms with Crippen molar-refractivity contribution in [2.24, 2.45) is 5.92 Å². The van der Waals surface area contributed by atoms with Gasteiger partial charge in [-0.2, -0.15) is 0 Å². The van der Waals surface area contributed by atoms with Crippen LogP contribution in [0, 0.1) is 5.92 Å². The summed E-state index contributed by atoms with van der Waals surface area (Å²) in [6.07, 6.45) is 6.64. The van der Waals surface area contributed by atoms with E-state index in [1.807, 2.05) is 6.26 Å². The van der Waals surface area contributed by atoms with Crippen molar-refractivity contribution >= 4 is 52.3 Å². The first-order chi connectivity index (χ1) is 18.5. The fourth-order valence-electron chi connectivity index (χ4n) is 3.61. The van der Waals surface area contributed by atoms with Gasteiger partial charge in [-0.1, -0.05) is 37.8 Å². The summed E-state index contributed by atoms with van der Waals surface area (Å²) in [6, 6.07) is 2.32. The highest BCUT2D eigenvalue weighted by Gasteiger charge is 2.30. The maximum Gasteiger partial charge on any atom is 0.329 e. The minimum atomic E-state index is -1.03. The minimum absolute atomic E-state index is 0.00609. The van der Waals surface area contributed by atoms with E-state index < -0.39 is 29.9 Å². The summed E-state index contributed by atoms with van der Waals surface area (Å²) >= 11 is 2.65. The van der Waals surface area contributed by atoms with Crippen molar-refractivity contribution in [2.45, 2.75) is 64.0 Å². The molecule has 0 aromatic carbocycles. The van der Waals surface area contributed by atoms with E-state index in [1.54, 1.807) is 45.1 Å². The van der Waals surface area contributed by atoms with Crippen LogP contribution in [0.5, 0.6) is 0 Å². The van der Waals surface area contributed by atoms with E-state index in [4.69, 9.17) is 4.74 Å². The number of pyridine rings is 1. The van der Waals surface area contributed by atoms with Crippen LogP contribution in [-0.2, 0) is 30.3 Å². The van der Waals surface area contributed by atoms with Gasteiger partial charge in [0, 0.05) is 30.5 Å². The molecule has 0 fully saturated rings. The Bertz CT molecular complexity index is 1140. The van der Waals surface area contributed by atoms with Crippen LogP contribution in [0.15, 0.2) is 41.0 Å². The van der Waals surface area contributed by atoms with E-state index in [-0.39, 0.29) is 41.3 Å². The van der Waals surface area contributed by atoms with Crippen LogP contribution >= 0.6 is 23.5 Å². The number of cyclic esters (lactones) is 1. The minimum Gasteiger partial charge on any atom is -0.456 e. The summed E-state index contributed by atoms with van der Waals surface area (Å²) in [5.41, 5.74) is 0.729. The number of fused-ring (bicyclic) bond motifs is 2. The molecule has 39 heavy (non-hydrogen) atoms. The molecular formula is C27H36N4O6S2. The fraction of sp³-hybridized carbons (Fsp3) is 0.481. The maximum atomic E-state index is 13.1. The molecule has 0 saturated carbocycles. The zero-order valence-electron chi connectivity index (χ0n) is 22.9. The van der Waals surface area contributed by atoms with E-state index in [2.05, 4.69) is 20.9 Å². The number of hydrogen-bond acceptors (Lipinski definition) is 9. The van der Waals surface area contributed by atoms with Gasteiger partial charge in [-0.05, 0) is 43.7 Å². The SMILES string of the molecule is C/C=C1\NC(=O)c2ccc(SC)c(n2)CCNC(=O)C[C@@H](/C=C/CCSC(C)=O)OC(=O)[C@H](C(C)C)NC1=O. The summed E-state index contributed by atoms with van der Waals surface area (Å²) in [5, 5.41) is 8.05. The van der Waals surface area contributed by atoms with Crippen LogP contribution in [0.25, 0.3) is 0 Å². The molecule has 0 radical (unpaired) electrons. The summed E-state index contributed by atoms with van der Waals surface area (Å²) in [7, 11) is 0. The molecule has 12 heteroatoms. The number of carbonyl (C=O) groups is 5. The fourth-order valence-corrected chi connectivity index (χ4v) is 4.74. The zero-order chi connectivity index (χ0) is 28.9. The molecule has 2 atom stereocenters. The Morgan fingerprint density at radius 2 is 1.95 bits per heavy atom. The van der Waals surface area contributed by atoms with E-state index >= 15 is 0 Å². The van der Waals surface area contributed by atoms with Crippen LogP contribution in [0.2, 0.25) is 0 Å². The van der Waals surface area contributed by atoms with Gasteiger partial charge in [0.2, 0.25) is 5.91 Å². The molecule has 0 aliphatic carbocycles. The normalized spacial score (nSPS) is 20.8. The lowest BCUT2D eigenvalue weighted by atomic mass is 10.0. The Balaban J connectivity index is 2.37. The van der Waals surface area contributed by atoms with Gasteiger partial charge < -0.3 is 20.7 Å². The average molecular weight is 577 g/mol. The Morgan fingerprint density at radius 1 is 1.21 bits per heavy atom. The number of amides is 3. The highest BCUT2D eigenvalue weighted by molar-refractivity contribution is 8.13. The number of aromatic nitrogens is 1. The number of nitrogens with one attached hydrogen (secondary N) is 3. The first-order valence-corrected chi connectivity index (χ1v) is 14.9. The second kappa shape index (κ2) is 16.1. The Kier molecular flexibility index (Phi) is 13.2. The van der Waals surface area contributed by atoms with Crippen molar-refractivity contribution < 1.29 is 28.7 Å². The van der Waals surface area contributed by atoms with Gasteiger partial charge in [0.1, 0.15) is 23.5 Å². The largest absolute Gasteiger partial charge is 0.456 e. The van der Waals surface area contributed by atoms with Crippen LogP contribution < -0.4 is 16.0 Å². The highest BCUT2D eigenvalue weighted by Crippen LogP contribution is 2.20. The molecule has 1 aromatic rings. The predicted molar refractivity (Wildman–Crippen MR) is 152 cm³/mol. The average Bonchev–Trinajstić information content (AvgIpc) is 2.88. The van der Waals surface area contributed by atoms with Crippen molar-refractivity contribution in [3.8, 4) is 0 Å². The Hall–Kier alpha value is -3.12. The van der Waals surface area contributed by atoms with E-state index in [1.165, 1.54) is 36.5 Å². The molecule has 2 bridgehead atoms. The smallest absolute Gasteiger partial charge is 0.329 e. The number of thioether (sulfide) groups is 2. The van der Waals surface area contributed by atoms with E-state index in [0.29, 0.717) is 24.3 Å². The number of allylic oxidation sites excluding steroid dienone is 2. The van der Waals surface area contributed by atoms with Crippen molar-refractivity contribution in [3.63, 3.8) is 0 Å². The van der Waals surface area contributed by atoms with Gasteiger partial charge in [-0.3, -0.25) is 19.2 Å². The van der Waals surface area contributed by atoms with Crippen LogP contribution in [0.1, 0.15) is 56.7 Å². The van der Waals surface area contributed by atoms with Gasteiger partial charge >= 0.3 is 5.97 Å². The second-order valence-electron chi connectivity index (χ2n) is 9.03. The summed E-state index contributed by atoms with van der Waals surface area (Å²) in [6.45, 7) is 6.84. The number of carbonyl (C=O) groups excluding carboxylic acids is 5. The van der Waals surface area contributed by atoms with Gasteiger partial charge in [0.15, 0.2) is 5.12 Å². The topological polar surface area (TPSA) is 144 Å². The standard InChI is InChI=1S/C27H36N4O6S2/c1-6-19-25(34)31-24(16(2)3)27(36)37-18(9-7-8-14-39-17(4)32)15-23(33)28-13-12-20-22(38-5)11-10-21(29-20)26(35)30-19/h6-7,9-11,16,18,24H,8,12-15H2,1-5H3,(H,28,33)(H,30,35)(H,31,34)/b9-7+,19-6-/t18-,24+/m1/s1. The molecule has 1 aliphatic heterocycles. The first-order valence-electron chi connectivity index (χ1n) is 12.6. The molecule has 0 spiro atoms. The molecule has 3 N–H and O–H groups in total. The quantitative estimate of drug-likeness (QED) is 0.153. The van der Waals surface area contributed by atoms with Crippen LogP contribution in [0.4, 0.5) is 0 Å². The molecule has 2 heterocycles. The number of rotatable bonds is 6. The number of hydrogen-bond donors (Lipinski definition) is 3. The maximum absolute atomic E-state index is 13.1. The van der Waals surface area contributed by atoms with E-state index in [9.17, 15) is 24.0 Å². The predicted octanol–water partition coefficient (Wildman–Crippen LogP) is 2.78. The lowest BCUT2D eigenvalue weighted by Crippen LogP contribution is -2.48. The van der Waals surface area contributed by atoms with Gasteiger partial charge in [0.25, 0.3) is 11.8 Å². The van der Waals surface area contributed by atoms with Crippen molar-refractivity contribution in [3.05, 3.63) is 47.4 Å². The van der Waals surface area contributed by atoms with Gasteiger partial charge in [-0.25, -0.2) is 9.78 Å². The van der Waals surface area contributed by atoms with Crippen molar-refractivity contribution in [1.29, 1.82) is 0 Å².